The quantitative estimate of drug-likeness (QED) is 0.246. The molecule has 5 atom stereocenters. The highest BCUT2D eigenvalue weighted by atomic mass is 31.3. The molecule has 0 radical (unpaired) electrons. The zero-order chi connectivity index (χ0) is 21.3. The average Bonchev–Trinajstić information content (AvgIpc) is 2.82. The Morgan fingerprint density at radius 2 is 1.86 bits per heavy atom. The summed E-state index contributed by atoms with van der Waals surface area (Å²) in [5.41, 5.74) is 4.58. The van der Waals surface area contributed by atoms with Crippen LogP contribution in [0.5, 0.6) is 0 Å². The number of phosphoric acid groups is 3. The van der Waals surface area contributed by atoms with Crippen LogP contribution in [-0.2, 0) is 31.6 Å². The van der Waals surface area contributed by atoms with Crippen LogP contribution < -0.4 is 11.4 Å². The number of nitrogens with zero attached hydrogens (tertiary/aromatic N) is 2. The van der Waals surface area contributed by atoms with Gasteiger partial charge >= 0.3 is 29.2 Å². The van der Waals surface area contributed by atoms with E-state index in [1.165, 1.54) is 12.3 Å². The van der Waals surface area contributed by atoms with Crippen LogP contribution >= 0.6 is 23.5 Å². The van der Waals surface area contributed by atoms with Gasteiger partial charge in [-0.3, -0.25) is 9.09 Å². The van der Waals surface area contributed by atoms with Crippen molar-refractivity contribution in [2.75, 3.05) is 12.3 Å². The Labute approximate surface area is 155 Å². The Morgan fingerprint density at radius 1 is 1.21 bits per heavy atom. The first-order chi connectivity index (χ1) is 12.7. The predicted octanol–water partition coefficient (Wildman–Crippen LogP) is -1.18. The molecule has 0 amide bonds. The van der Waals surface area contributed by atoms with Gasteiger partial charge in [0.25, 0.3) is 0 Å². The van der Waals surface area contributed by atoms with Crippen LogP contribution in [0.4, 0.5) is 5.82 Å². The number of nitrogen functional groups attached to an aromatic ring is 1. The van der Waals surface area contributed by atoms with Crippen molar-refractivity contribution in [3.05, 3.63) is 22.7 Å². The van der Waals surface area contributed by atoms with Gasteiger partial charge in [-0.1, -0.05) is 0 Å². The minimum atomic E-state index is -5.65. The maximum Gasteiger partial charge on any atom is 0.490 e. The molecule has 1 aliphatic rings. The molecule has 1 saturated heterocycles. The van der Waals surface area contributed by atoms with Crippen LogP contribution in [0.2, 0.25) is 0 Å². The number of hydrogen-bond acceptors (Lipinski definition) is 11. The van der Waals surface area contributed by atoms with Crippen molar-refractivity contribution < 1.29 is 56.3 Å². The molecule has 0 bridgehead atoms. The summed E-state index contributed by atoms with van der Waals surface area (Å²) >= 11 is 0. The van der Waals surface area contributed by atoms with Crippen molar-refractivity contribution >= 4 is 29.3 Å². The number of aliphatic hydroxyl groups excluding tert-OH is 1. The number of hydrogen-bond donors (Lipinski definition) is 6. The van der Waals surface area contributed by atoms with E-state index in [1.807, 2.05) is 0 Å². The van der Waals surface area contributed by atoms with Gasteiger partial charge in [0.1, 0.15) is 18.1 Å². The molecule has 0 spiro atoms. The Bertz CT molecular complexity index is 914. The van der Waals surface area contributed by atoms with Crippen molar-refractivity contribution in [3.63, 3.8) is 0 Å². The minimum Gasteiger partial charge on any atom is -0.390 e. The summed E-state index contributed by atoms with van der Waals surface area (Å²) in [6.07, 6.45) is -2.42. The van der Waals surface area contributed by atoms with Gasteiger partial charge in [-0.15, -0.1) is 0 Å². The topological polar surface area (TPSA) is 250 Å². The molecule has 2 heterocycles. The maximum absolute atomic E-state index is 11.8. The number of aliphatic hydroxyl groups is 1. The predicted molar refractivity (Wildman–Crippen MR) is 87.3 cm³/mol. The van der Waals surface area contributed by atoms with E-state index in [9.17, 15) is 28.5 Å². The van der Waals surface area contributed by atoms with Gasteiger partial charge in [0.05, 0.1) is 12.7 Å². The molecule has 0 saturated carbocycles. The van der Waals surface area contributed by atoms with E-state index in [2.05, 4.69) is 18.1 Å². The van der Waals surface area contributed by atoms with Crippen LogP contribution in [0.25, 0.3) is 0 Å². The van der Waals surface area contributed by atoms with E-state index in [0.29, 0.717) is 0 Å². The maximum atomic E-state index is 11.8. The molecule has 2 unspecified atom stereocenters. The molecule has 16 nitrogen and oxygen atoms in total. The molecule has 2 rings (SSSR count). The first-order valence-corrected chi connectivity index (χ1v) is 11.7. The van der Waals surface area contributed by atoms with Crippen molar-refractivity contribution in [1.29, 1.82) is 0 Å². The fourth-order valence-corrected chi connectivity index (χ4v) is 5.18. The fraction of sp³-hybridized carbons (Fsp3) is 0.556. The number of nitrogens with two attached hydrogens (primary N) is 1. The third kappa shape index (κ3) is 6.81. The van der Waals surface area contributed by atoms with Gasteiger partial charge in [0.2, 0.25) is 0 Å². The van der Waals surface area contributed by atoms with E-state index in [1.54, 1.807) is 0 Å². The smallest absolute Gasteiger partial charge is 0.390 e. The number of anilines is 1. The highest BCUT2D eigenvalue weighted by Crippen LogP contribution is 2.66. The van der Waals surface area contributed by atoms with Gasteiger partial charge in [-0.2, -0.15) is 13.6 Å². The van der Waals surface area contributed by atoms with Gasteiger partial charge < -0.3 is 35.2 Å². The van der Waals surface area contributed by atoms with Crippen molar-refractivity contribution in [1.82, 2.24) is 9.55 Å². The third-order valence-electron chi connectivity index (χ3n) is 3.18. The molecule has 1 aromatic heterocycles. The van der Waals surface area contributed by atoms with Crippen LogP contribution in [0.1, 0.15) is 12.6 Å². The lowest BCUT2D eigenvalue weighted by atomic mass is 10.2. The first-order valence-electron chi connectivity index (χ1n) is 7.14. The van der Waals surface area contributed by atoms with Gasteiger partial charge in [-0.25, -0.2) is 18.5 Å². The van der Waals surface area contributed by atoms with Gasteiger partial charge in [0, 0.05) is 12.6 Å². The molecule has 0 aromatic carbocycles. The molecule has 1 aromatic rings. The number of phosphoric ester groups is 1. The van der Waals surface area contributed by atoms with Crippen LogP contribution in [0.15, 0.2) is 17.1 Å². The van der Waals surface area contributed by atoms with Crippen molar-refractivity contribution in [3.8, 4) is 0 Å². The summed E-state index contributed by atoms with van der Waals surface area (Å²) in [5, 5.41) is 9.94. The molecule has 1 aliphatic heterocycles. The third-order valence-corrected chi connectivity index (χ3v) is 6.99. The van der Waals surface area contributed by atoms with Crippen molar-refractivity contribution in [2.45, 2.75) is 24.9 Å². The summed E-state index contributed by atoms with van der Waals surface area (Å²) in [7, 11) is -16.5. The summed E-state index contributed by atoms with van der Waals surface area (Å²) in [6, 6.07) is 1.30. The number of ether oxygens (including phenoxy) is 1. The summed E-state index contributed by atoms with van der Waals surface area (Å²) in [5.74, 6) is -0.0380. The molecule has 0 aliphatic carbocycles. The Kier molecular flexibility index (Phi) is 6.99. The van der Waals surface area contributed by atoms with Crippen LogP contribution in [0.3, 0.4) is 0 Å². The summed E-state index contributed by atoms with van der Waals surface area (Å²) in [6.45, 7) is -0.849. The molecular formula is C9H16N3O13P3. The van der Waals surface area contributed by atoms with E-state index in [0.717, 1.165) is 4.57 Å². The Morgan fingerprint density at radius 3 is 2.43 bits per heavy atom. The number of aromatic nitrogens is 2. The molecule has 28 heavy (non-hydrogen) atoms. The molecule has 160 valence electrons. The van der Waals surface area contributed by atoms with E-state index < -0.39 is 54.2 Å². The van der Waals surface area contributed by atoms with E-state index >= 15 is 0 Å². The highest BCUT2D eigenvalue weighted by Gasteiger charge is 2.42. The second-order valence-electron chi connectivity index (χ2n) is 5.36. The molecule has 1 fully saturated rings. The average molecular weight is 467 g/mol. The second kappa shape index (κ2) is 8.40. The highest BCUT2D eigenvalue weighted by molar-refractivity contribution is 7.66. The Balaban J connectivity index is 1.98. The fourth-order valence-electron chi connectivity index (χ4n) is 2.15. The first kappa shape index (κ1) is 23.3. The summed E-state index contributed by atoms with van der Waals surface area (Å²) < 4.78 is 51.2. The Hall–Kier alpha value is -0.990. The molecular weight excluding hydrogens is 451 g/mol. The van der Waals surface area contributed by atoms with Crippen molar-refractivity contribution in [2.24, 2.45) is 0 Å². The molecule has 19 heteroatoms. The van der Waals surface area contributed by atoms with Gasteiger partial charge in [-0.05, 0) is 6.07 Å². The molecule has 7 N–H and O–H groups in total. The lowest BCUT2D eigenvalue weighted by molar-refractivity contribution is -0.0449. The van der Waals surface area contributed by atoms with Crippen LogP contribution in [0, 0.1) is 0 Å². The number of rotatable bonds is 8. The van der Waals surface area contributed by atoms with E-state index in [4.69, 9.17) is 25.2 Å². The zero-order valence-electron chi connectivity index (χ0n) is 13.6. The van der Waals surface area contributed by atoms with Gasteiger partial charge in [0.15, 0.2) is 0 Å². The summed E-state index contributed by atoms with van der Waals surface area (Å²) in [4.78, 5) is 50.5. The monoisotopic (exact) mass is 467 g/mol. The lowest BCUT2D eigenvalue weighted by Crippen LogP contribution is -2.28. The lowest BCUT2D eigenvalue weighted by Gasteiger charge is -2.19. The SMILES string of the molecule is Nc1ccn([C@H]2C[C@@H](O)[C@H](COP(=O)(O)OP(=O)(O)OP(=O)(O)O)O2)c(=O)n1. The zero-order valence-corrected chi connectivity index (χ0v) is 16.3. The van der Waals surface area contributed by atoms with E-state index in [-0.39, 0.29) is 12.2 Å². The normalized spacial score (nSPS) is 27.2. The standard InChI is InChI=1S/C9H16N3O13P3/c10-7-1-2-12(9(14)11-7)8-3-5(13)6(23-8)4-22-27(18,19)25-28(20,21)24-26(15,16)17/h1-2,5-6,8,13H,3-4H2,(H,18,19)(H,20,21)(H2,10,11,14)(H2,15,16,17)/t5-,6+,8-/m1/s1. The second-order valence-corrected chi connectivity index (χ2v) is 9.78. The minimum absolute atomic E-state index is 0.0380. The van der Waals surface area contributed by atoms with Crippen LogP contribution in [-0.4, -0.2) is 53.0 Å². The largest absolute Gasteiger partial charge is 0.490 e.